The van der Waals surface area contributed by atoms with Crippen molar-refractivity contribution in [1.82, 2.24) is 10.2 Å². The highest BCUT2D eigenvalue weighted by molar-refractivity contribution is 5.91. The number of furan rings is 1. The zero-order valence-corrected chi connectivity index (χ0v) is 15.9. The highest BCUT2D eigenvalue weighted by Gasteiger charge is 2.28. The molecule has 1 aromatic carbocycles. The highest BCUT2D eigenvalue weighted by Crippen LogP contribution is 2.27. The first-order valence-corrected chi connectivity index (χ1v) is 10.1. The molecule has 0 unspecified atom stereocenters. The van der Waals surface area contributed by atoms with E-state index in [2.05, 4.69) is 5.32 Å². The molecule has 2 heterocycles. The van der Waals surface area contributed by atoms with E-state index in [-0.39, 0.29) is 17.6 Å². The van der Waals surface area contributed by atoms with Crippen LogP contribution >= 0.6 is 0 Å². The number of nitrogens with one attached hydrogen (secondary N) is 1. The number of hydrogen-bond donors (Lipinski definition) is 1. The maximum absolute atomic E-state index is 12.8. The number of likely N-dealkylation sites (tertiary alicyclic amines) is 1. The predicted molar refractivity (Wildman–Crippen MR) is 104 cm³/mol. The van der Waals surface area contributed by atoms with Crippen LogP contribution in [0.5, 0.6) is 11.7 Å². The monoisotopic (exact) mass is 382 g/mol. The van der Waals surface area contributed by atoms with Crippen molar-refractivity contribution in [3.05, 3.63) is 48.2 Å². The molecule has 1 aromatic heterocycles. The van der Waals surface area contributed by atoms with Crippen molar-refractivity contribution in [2.45, 2.75) is 44.6 Å². The lowest BCUT2D eigenvalue weighted by atomic mass is 9.93. The smallest absolute Gasteiger partial charge is 0.290 e. The van der Waals surface area contributed by atoms with Crippen LogP contribution in [0.25, 0.3) is 0 Å². The number of nitrogens with zero attached hydrogens (tertiary/aromatic N) is 1. The maximum Gasteiger partial charge on any atom is 0.290 e. The lowest BCUT2D eigenvalue weighted by Crippen LogP contribution is -2.40. The van der Waals surface area contributed by atoms with Crippen LogP contribution in [-0.4, -0.2) is 35.8 Å². The minimum absolute atomic E-state index is 0.116. The zero-order valence-electron chi connectivity index (χ0n) is 15.9. The summed E-state index contributed by atoms with van der Waals surface area (Å²) in [6.45, 7) is 1.39. The lowest BCUT2D eigenvalue weighted by Gasteiger charge is -2.32. The van der Waals surface area contributed by atoms with Crippen LogP contribution in [0, 0.1) is 5.92 Å². The van der Waals surface area contributed by atoms with Crippen molar-refractivity contribution < 1.29 is 18.7 Å². The summed E-state index contributed by atoms with van der Waals surface area (Å²) in [6, 6.07) is 13.1. The van der Waals surface area contributed by atoms with Gasteiger partial charge in [-0.1, -0.05) is 18.2 Å². The van der Waals surface area contributed by atoms with E-state index in [1.54, 1.807) is 12.1 Å². The Bertz CT molecular complexity index is 813. The largest absolute Gasteiger partial charge is 0.426 e. The van der Waals surface area contributed by atoms with E-state index < -0.39 is 0 Å². The molecule has 1 saturated heterocycles. The number of benzene rings is 1. The van der Waals surface area contributed by atoms with Gasteiger partial charge in [0.1, 0.15) is 5.75 Å². The highest BCUT2D eigenvalue weighted by atomic mass is 16.6. The first-order chi connectivity index (χ1) is 13.7. The van der Waals surface area contributed by atoms with E-state index in [0.717, 1.165) is 38.6 Å². The maximum atomic E-state index is 12.8. The summed E-state index contributed by atoms with van der Waals surface area (Å²) >= 11 is 0. The first kappa shape index (κ1) is 18.6. The molecule has 2 amide bonds. The van der Waals surface area contributed by atoms with Gasteiger partial charge in [0, 0.05) is 31.6 Å². The van der Waals surface area contributed by atoms with E-state index in [9.17, 15) is 9.59 Å². The SMILES string of the molecule is O=C(CC[C@@H]1CCCN(C(=O)c2ccc(Oc3ccccc3)o2)C1)NC1CC1. The second-order valence-corrected chi connectivity index (χ2v) is 7.67. The molecule has 2 aromatic rings. The number of hydrogen-bond acceptors (Lipinski definition) is 4. The summed E-state index contributed by atoms with van der Waals surface area (Å²) < 4.78 is 11.2. The number of rotatable bonds is 7. The van der Waals surface area contributed by atoms with Crippen molar-refractivity contribution in [1.29, 1.82) is 0 Å². The number of para-hydroxylation sites is 1. The van der Waals surface area contributed by atoms with E-state index in [0.29, 0.717) is 36.6 Å². The molecule has 2 aliphatic rings. The van der Waals surface area contributed by atoms with Crippen LogP contribution in [0.15, 0.2) is 46.9 Å². The zero-order chi connectivity index (χ0) is 19.3. The fourth-order valence-electron chi connectivity index (χ4n) is 3.60. The third kappa shape index (κ3) is 4.94. The summed E-state index contributed by atoms with van der Waals surface area (Å²) in [7, 11) is 0. The molecule has 1 atom stereocenters. The quantitative estimate of drug-likeness (QED) is 0.786. The summed E-state index contributed by atoms with van der Waals surface area (Å²) in [5.74, 6) is 1.64. The van der Waals surface area contributed by atoms with Gasteiger partial charge >= 0.3 is 0 Å². The standard InChI is InChI=1S/C22H26N2O4/c25-20(23-17-9-10-17)12-8-16-5-4-14-24(15-16)22(26)19-11-13-21(28-19)27-18-6-2-1-3-7-18/h1-3,6-7,11,13,16-17H,4-5,8-10,12,14-15H2,(H,23,25)/t16-/m0/s1. The van der Waals surface area contributed by atoms with Gasteiger partial charge in [0.15, 0.2) is 5.76 Å². The van der Waals surface area contributed by atoms with E-state index >= 15 is 0 Å². The molecule has 0 radical (unpaired) electrons. The van der Waals surface area contributed by atoms with Crippen LogP contribution in [0.4, 0.5) is 0 Å². The topological polar surface area (TPSA) is 71.8 Å². The van der Waals surface area contributed by atoms with Gasteiger partial charge in [-0.25, -0.2) is 0 Å². The molecule has 1 saturated carbocycles. The van der Waals surface area contributed by atoms with Crippen LogP contribution in [0.1, 0.15) is 49.1 Å². The summed E-state index contributed by atoms with van der Waals surface area (Å²) in [4.78, 5) is 26.5. The average molecular weight is 382 g/mol. The average Bonchev–Trinajstić information content (AvgIpc) is 3.41. The predicted octanol–water partition coefficient (Wildman–Crippen LogP) is 3.98. The number of amides is 2. The number of carbonyl (C=O) groups is 2. The van der Waals surface area contributed by atoms with Gasteiger partial charge in [0.25, 0.3) is 11.9 Å². The number of ether oxygens (including phenoxy) is 1. The molecule has 6 heteroatoms. The van der Waals surface area contributed by atoms with Crippen LogP contribution in [-0.2, 0) is 4.79 Å². The lowest BCUT2D eigenvalue weighted by molar-refractivity contribution is -0.121. The summed E-state index contributed by atoms with van der Waals surface area (Å²) in [5, 5.41) is 3.03. The van der Waals surface area contributed by atoms with E-state index in [1.165, 1.54) is 0 Å². The van der Waals surface area contributed by atoms with Gasteiger partial charge in [-0.15, -0.1) is 0 Å². The van der Waals surface area contributed by atoms with Gasteiger partial charge in [-0.2, -0.15) is 0 Å². The second-order valence-electron chi connectivity index (χ2n) is 7.67. The number of piperidine rings is 1. The molecule has 1 aliphatic carbocycles. The van der Waals surface area contributed by atoms with Gasteiger partial charge in [-0.3, -0.25) is 9.59 Å². The fraction of sp³-hybridized carbons (Fsp3) is 0.455. The van der Waals surface area contributed by atoms with Crippen molar-refractivity contribution in [3.8, 4) is 11.7 Å². The first-order valence-electron chi connectivity index (χ1n) is 10.1. The van der Waals surface area contributed by atoms with Gasteiger partial charge in [0.2, 0.25) is 5.91 Å². The van der Waals surface area contributed by atoms with E-state index in [4.69, 9.17) is 9.15 Å². The van der Waals surface area contributed by atoms with Gasteiger partial charge in [-0.05, 0) is 56.2 Å². The third-order valence-electron chi connectivity index (χ3n) is 5.28. The van der Waals surface area contributed by atoms with Crippen molar-refractivity contribution in [2.24, 2.45) is 5.92 Å². The van der Waals surface area contributed by atoms with Gasteiger partial charge in [0.05, 0.1) is 0 Å². The Balaban J connectivity index is 1.29. The molecule has 1 aliphatic heterocycles. The Morgan fingerprint density at radius 3 is 2.71 bits per heavy atom. The van der Waals surface area contributed by atoms with Crippen molar-refractivity contribution in [3.63, 3.8) is 0 Å². The normalized spacial score (nSPS) is 19.3. The number of carbonyl (C=O) groups excluding carboxylic acids is 2. The molecule has 6 nitrogen and oxygen atoms in total. The molecule has 148 valence electrons. The van der Waals surface area contributed by atoms with Crippen molar-refractivity contribution in [2.75, 3.05) is 13.1 Å². The molecule has 0 spiro atoms. The third-order valence-corrected chi connectivity index (χ3v) is 5.28. The Morgan fingerprint density at radius 1 is 1.11 bits per heavy atom. The van der Waals surface area contributed by atoms with Crippen LogP contribution < -0.4 is 10.1 Å². The molecule has 4 rings (SSSR count). The Morgan fingerprint density at radius 2 is 1.93 bits per heavy atom. The molecular weight excluding hydrogens is 356 g/mol. The minimum Gasteiger partial charge on any atom is -0.426 e. The molecule has 0 bridgehead atoms. The van der Waals surface area contributed by atoms with Crippen molar-refractivity contribution >= 4 is 11.8 Å². The van der Waals surface area contributed by atoms with Gasteiger partial charge < -0.3 is 19.4 Å². The summed E-state index contributed by atoms with van der Waals surface area (Å²) in [6.07, 6.45) is 5.59. The Labute approximate surface area is 164 Å². The van der Waals surface area contributed by atoms with E-state index in [1.807, 2.05) is 35.2 Å². The molecule has 2 fully saturated rings. The van der Waals surface area contributed by atoms with Crippen LogP contribution in [0.2, 0.25) is 0 Å². The molecular formula is C22H26N2O4. The fourth-order valence-corrected chi connectivity index (χ4v) is 3.60. The second kappa shape index (κ2) is 8.50. The summed E-state index contributed by atoms with van der Waals surface area (Å²) in [5.41, 5.74) is 0. The minimum atomic E-state index is -0.116. The molecule has 1 N–H and O–H groups in total. The van der Waals surface area contributed by atoms with Crippen LogP contribution in [0.3, 0.4) is 0 Å². The molecule has 28 heavy (non-hydrogen) atoms. The Hall–Kier alpha value is -2.76. The Kier molecular flexibility index (Phi) is 5.65.